The van der Waals surface area contributed by atoms with Gasteiger partial charge in [-0.2, -0.15) is 0 Å². The van der Waals surface area contributed by atoms with E-state index in [1.165, 1.54) is 0 Å². The van der Waals surface area contributed by atoms with Gasteiger partial charge in [-0.15, -0.1) is 0 Å². The van der Waals surface area contributed by atoms with Gasteiger partial charge < -0.3 is 0 Å². The van der Waals surface area contributed by atoms with E-state index in [-0.39, 0.29) is 17.5 Å². The Bertz CT molecular complexity index is 344. The number of rotatable bonds is 0. The number of carbonyl (C=O) groups excluding carboxylic acids is 2. The summed E-state index contributed by atoms with van der Waals surface area (Å²) in [5.74, 6) is -0.250. The number of ketones is 2. The highest BCUT2D eigenvalue weighted by molar-refractivity contribution is 6.54. The monoisotopic (exact) mass is 132 g/mol. The average Bonchev–Trinajstić information content (AvgIpc) is 2.41. The summed E-state index contributed by atoms with van der Waals surface area (Å²) in [7, 11) is 0. The van der Waals surface area contributed by atoms with Gasteiger partial charge in [0, 0.05) is 17.1 Å². The van der Waals surface area contributed by atoms with Gasteiger partial charge in [0.1, 0.15) is 0 Å². The zero-order valence-electron chi connectivity index (χ0n) is 5.18. The molecule has 0 spiro atoms. The van der Waals surface area contributed by atoms with Crippen molar-refractivity contribution in [3.63, 3.8) is 0 Å². The first-order chi connectivity index (χ1) is 4.79. The Morgan fingerprint density at radius 2 is 2.10 bits per heavy atom. The van der Waals surface area contributed by atoms with E-state index in [1.807, 2.05) is 6.08 Å². The van der Waals surface area contributed by atoms with Crippen LogP contribution in [0.15, 0.2) is 22.8 Å². The van der Waals surface area contributed by atoms with Crippen LogP contribution in [0.25, 0.3) is 0 Å². The number of hydrogen-bond donors (Lipinski definition) is 0. The van der Waals surface area contributed by atoms with Gasteiger partial charge in [-0.05, 0) is 12.0 Å². The highest BCUT2D eigenvalue weighted by Crippen LogP contribution is 2.53. The lowest BCUT2D eigenvalue weighted by atomic mass is 9.85. The van der Waals surface area contributed by atoms with Crippen LogP contribution in [0, 0.1) is 5.92 Å². The number of allylic oxidation sites excluding steroid dienone is 4. The van der Waals surface area contributed by atoms with E-state index in [0.717, 1.165) is 23.1 Å². The molecular formula is C8H4O2. The first-order valence-corrected chi connectivity index (χ1v) is 3.32. The van der Waals surface area contributed by atoms with Crippen molar-refractivity contribution in [2.24, 2.45) is 5.92 Å². The lowest BCUT2D eigenvalue weighted by Crippen LogP contribution is -2.14. The van der Waals surface area contributed by atoms with Crippen LogP contribution in [-0.4, -0.2) is 11.6 Å². The van der Waals surface area contributed by atoms with Crippen molar-refractivity contribution in [1.29, 1.82) is 0 Å². The van der Waals surface area contributed by atoms with E-state index >= 15 is 0 Å². The Kier molecular flexibility index (Phi) is 0.473. The fraction of sp³-hybridized carbons (Fsp3) is 0.250. The van der Waals surface area contributed by atoms with Crippen LogP contribution < -0.4 is 0 Å². The third-order valence-electron chi connectivity index (χ3n) is 2.54. The van der Waals surface area contributed by atoms with Gasteiger partial charge in [0.25, 0.3) is 0 Å². The fourth-order valence-corrected chi connectivity index (χ4v) is 2.00. The molecule has 2 nitrogen and oxygen atoms in total. The second-order valence-corrected chi connectivity index (χ2v) is 2.95. The predicted octanol–water partition coefficient (Wildman–Crippen LogP) is 0.395. The molecule has 4 aliphatic rings. The van der Waals surface area contributed by atoms with Crippen LogP contribution in [0.2, 0.25) is 0 Å². The van der Waals surface area contributed by atoms with Gasteiger partial charge in [-0.1, -0.05) is 6.08 Å². The number of hydrogen-bond acceptors (Lipinski definition) is 2. The molecule has 4 aliphatic carbocycles. The van der Waals surface area contributed by atoms with Crippen LogP contribution in [0.1, 0.15) is 6.42 Å². The molecule has 0 N–H and O–H groups in total. The molecule has 0 radical (unpaired) electrons. The Hall–Kier alpha value is -1.18. The van der Waals surface area contributed by atoms with Crippen molar-refractivity contribution in [3.05, 3.63) is 22.8 Å². The Morgan fingerprint density at radius 1 is 1.30 bits per heavy atom. The minimum atomic E-state index is -0.249. The molecule has 1 fully saturated rings. The van der Waals surface area contributed by atoms with E-state index in [2.05, 4.69) is 0 Å². The molecular weight excluding hydrogens is 128 g/mol. The van der Waals surface area contributed by atoms with Gasteiger partial charge in [-0.3, -0.25) is 9.59 Å². The lowest BCUT2D eigenvalue weighted by Gasteiger charge is -2.16. The van der Waals surface area contributed by atoms with Crippen LogP contribution in [0.4, 0.5) is 0 Å². The van der Waals surface area contributed by atoms with Crippen LogP contribution in [0.3, 0.4) is 0 Å². The third kappa shape index (κ3) is 0.243. The van der Waals surface area contributed by atoms with E-state index in [0.29, 0.717) is 0 Å². The highest BCUT2D eigenvalue weighted by Gasteiger charge is 2.52. The Balaban J connectivity index is 2.38. The molecule has 0 aromatic rings. The van der Waals surface area contributed by atoms with Crippen molar-refractivity contribution in [1.82, 2.24) is 0 Å². The first-order valence-electron chi connectivity index (χ1n) is 3.32. The van der Waals surface area contributed by atoms with Crippen molar-refractivity contribution >= 4 is 11.6 Å². The zero-order chi connectivity index (χ0) is 6.88. The second kappa shape index (κ2) is 1.03. The maximum atomic E-state index is 11.0. The molecule has 1 unspecified atom stereocenters. The summed E-state index contributed by atoms with van der Waals surface area (Å²) in [6.07, 6.45) is 2.83. The number of Topliss-reactive ketones (excluding diaryl/α,β-unsaturated/α-hetero) is 2. The smallest absolute Gasteiger partial charge is 0.230 e. The summed E-state index contributed by atoms with van der Waals surface area (Å²) in [4.78, 5) is 21.9. The average molecular weight is 132 g/mol. The van der Waals surface area contributed by atoms with Crippen LogP contribution >= 0.6 is 0 Å². The van der Waals surface area contributed by atoms with E-state index in [4.69, 9.17) is 0 Å². The Labute approximate surface area is 57.2 Å². The summed E-state index contributed by atoms with van der Waals surface area (Å²) >= 11 is 0. The minimum Gasteiger partial charge on any atom is -0.285 e. The van der Waals surface area contributed by atoms with Crippen LogP contribution in [-0.2, 0) is 9.59 Å². The molecule has 2 heteroatoms. The van der Waals surface area contributed by atoms with E-state index in [9.17, 15) is 9.59 Å². The molecule has 0 heterocycles. The molecule has 4 rings (SSSR count). The summed E-state index contributed by atoms with van der Waals surface area (Å²) in [5.41, 5.74) is 2.68. The van der Waals surface area contributed by atoms with Gasteiger partial charge in [0.2, 0.25) is 11.6 Å². The van der Waals surface area contributed by atoms with Crippen molar-refractivity contribution < 1.29 is 9.59 Å². The summed E-state index contributed by atoms with van der Waals surface area (Å²) < 4.78 is 0. The van der Waals surface area contributed by atoms with Crippen LogP contribution in [0.5, 0.6) is 0 Å². The fourth-order valence-electron chi connectivity index (χ4n) is 2.00. The zero-order valence-corrected chi connectivity index (χ0v) is 5.18. The van der Waals surface area contributed by atoms with Crippen molar-refractivity contribution in [2.75, 3.05) is 0 Å². The summed E-state index contributed by atoms with van der Waals surface area (Å²) in [5, 5.41) is 0. The number of carbonyl (C=O) groups is 2. The van der Waals surface area contributed by atoms with Crippen molar-refractivity contribution in [2.45, 2.75) is 6.42 Å². The standard InChI is InChI=1S/C8H4O2/c9-7-5-2-3-1-4(5)6(3)8(7)10/h2,4H,1H2. The topological polar surface area (TPSA) is 34.1 Å². The predicted molar refractivity (Wildman–Crippen MR) is 33.2 cm³/mol. The SMILES string of the molecule is O=C1C(=O)C2=C3C=C1C2C3. The molecule has 0 amide bonds. The molecule has 0 aromatic heterocycles. The first kappa shape index (κ1) is 4.61. The highest BCUT2D eigenvalue weighted by atomic mass is 16.2. The maximum absolute atomic E-state index is 11.0. The van der Waals surface area contributed by atoms with E-state index < -0.39 is 0 Å². The van der Waals surface area contributed by atoms with Crippen molar-refractivity contribution in [3.8, 4) is 0 Å². The molecule has 4 bridgehead atoms. The maximum Gasteiger partial charge on any atom is 0.230 e. The molecule has 0 saturated heterocycles. The van der Waals surface area contributed by atoms with Gasteiger partial charge in [0.05, 0.1) is 0 Å². The molecule has 48 valence electrons. The van der Waals surface area contributed by atoms with Gasteiger partial charge in [-0.25, -0.2) is 0 Å². The summed E-state index contributed by atoms with van der Waals surface area (Å²) in [6, 6.07) is 0. The molecule has 1 saturated carbocycles. The van der Waals surface area contributed by atoms with E-state index in [1.54, 1.807) is 0 Å². The largest absolute Gasteiger partial charge is 0.285 e. The Morgan fingerprint density at radius 3 is 2.60 bits per heavy atom. The summed E-state index contributed by atoms with van der Waals surface area (Å²) in [6.45, 7) is 0. The van der Waals surface area contributed by atoms with Gasteiger partial charge >= 0.3 is 0 Å². The normalized spacial score (nSPS) is 33.2. The quantitative estimate of drug-likeness (QED) is 0.353. The second-order valence-electron chi connectivity index (χ2n) is 2.95. The molecule has 0 aliphatic heterocycles. The third-order valence-corrected chi connectivity index (χ3v) is 2.54. The lowest BCUT2D eigenvalue weighted by molar-refractivity contribution is -0.131. The molecule has 0 aromatic carbocycles. The van der Waals surface area contributed by atoms with Gasteiger partial charge in [0.15, 0.2) is 0 Å². The minimum absolute atomic E-state index is 0.231. The molecule has 1 atom stereocenters. The molecule has 10 heavy (non-hydrogen) atoms.